The predicted octanol–water partition coefficient (Wildman–Crippen LogP) is -0.0593. The lowest BCUT2D eigenvalue weighted by molar-refractivity contribution is -0.218. The molecule has 5 heteroatoms. The number of hydrogen-bond donors (Lipinski definition) is 2. The molecule has 1 rings (SSSR count). The van der Waals surface area contributed by atoms with Crippen LogP contribution in [0.4, 0.5) is 0 Å². The SMILES string of the molecule is COC(=O)[C@H]1O[C@@H](C(C)C)[C@H](O)[C@@H](O)[C@@H]1C. The van der Waals surface area contributed by atoms with Crippen molar-refractivity contribution in [2.24, 2.45) is 11.8 Å². The Morgan fingerprint density at radius 2 is 1.88 bits per heavy atom. The van der Waals surface area contributed by atoms with E-state index in [0.29, 0.717) is 0 Å². The number of aliphatic hydroxyl groups excluding tert-OH is 2. The molecular weight excluding hydrogens is 212 g/mol. The first-order chi connectivity index (χ1) is 7.40. The van der Waals surface area contributed by atoms with Crippen molar-refractivity contribution in [1.82, 2.24) is 0 Å². The third-order valence-electron chi connectivity index (χ3n) is 3.10. The van der Waals surface area contributed by atoms with Gasteiger partial charge in [0.15, 0.2) is 6.10 Å². The zero-order valence-electron chi connectivity index (χ0n) is 10.1. The number of carbonyl (C=O) groups is 1. The molecule has 1 fully saturated rings. The molecule has 0 radical (unpaired) electrons. The summed E-state index contributed by atoms with van der Waals surface area (Å²) in [5, 5.41) is 19.7. The monoisotopic (exact) mass is 232 g/mol. The summed E-state index contributed by atoms with van der Waals surface area (Å²) in [6.45, 7) is 5.39. The molecule has 0 amide bonds. The van der Waals surface area contributed by atoms with Gasteiger partial charge in [0.05, 0.1) is 19.3 Å². The lowest BCUT2D eigenvalue weighted by Crippen LogP contribution is -2.57. The van der Waals surface area contributed by atoms with Crippen LogP contribution in [0, 0.1) is 11.8 Å². The van der Waals surface area contributed by atoms with E-state index < -0.39 is 36.3 Å². The van der Waals surface area contributed by atoms with Crippen LogP contribution >= 0.6 is 0 Å². The Morgan fingerprint density at radius 1 is 1.31 bits per heavy atom. The van der Waals surface area contributed by atoms with Gasteiger partial charge in [-0.25, -0.2) is 4.79 Å². The van der Waals surface area contributed by atoms with Gasteiger partial charge >= 0.3 is 5.97 Å². The van der Waals surface area contributed by atoms with Crippen LogP contribution in [0.5, 0.6) is 0 Å². The predicted molar refractivity (Wildman–Crippen MR) is 56.7 cm³/mol. The minimum absolute atomic E-state index is 0.0179. The number of rotatable bonds is 2. The van der Waals surface area contributed by atoms with Crippen molar-refractivity contribution in [3.05, 3.63) is 0 Å². The van der Waals surface area contributed by atoms with E-state index in [9.17, 15) is 15.0 Å². The Labute approximate surface area is 95.4 Å². The maximum absolute atomic E-state index is 11.5. The molecule has 1 saturated heterocycles. The van der Waals surface area contributed by atoms with Crippen molar-refractivity contribution >= 4 is 5.97 Å². The number of ether oxygens (including phenoxy) is 2. The summed E-state index contributed by atoms with van der Waals surface area (Å²) < 4.78 is 10.1. The minimum Gasteiger partial charge on any atom is -0.467 e. The van der Waals surface area contributed by atoms with E-state index in [0.717, 1.165) is 0 Å². The number of aliphatic hydroxyl groups is 2. The molecule has 5 atom stereocenters. The van der Waals surface area contributed by atoms with E-state index >= 15 is 0 Å². The van der Waals surface area contributed by atoms with Crippen LogP contribution < -0.4 is 0 Å². The molecule has 0 aromatic carbocycles. The fraction of sp³-hybridized carbons (Fsp3) is 0.909. The highest BCUT2D eigenvalue weighted by atomic mass is 16.6. The van der Waals surface area contributed by atoms with Crippen molar-refractivity contribution in [2.75, 3.05) is 7.11 Å². The van der Waals surface area contributed by atoms with Gasteiger partial charge in [-0.1, -0.05) is 20.8 Å². The molecule has 5 nitrogen and oxygen atoms in total. The second-order valence-electron chi connectivity index (χ2n) is 4.63. The lowest BCUT2D eigenvalue weighted by Gasteiger charge is -2.41. The van der Waals surface area contributed by atoms with Gasteiger partial charge in [-0.05, 0) is 5.92 Å². The Morgan fingerprint density at radius 3 is 2.31 bits per heavy atom. The van der Waals surface area contributed by atoms with E-state index in [1.807, 2.05) is 13.8 Å². The second-order valence-corrected chi connectivity index (χ2v) is 4.63. The summed E-state index contributed by atoms with van der Waals surface area (Å²) in [4.78, 5) is 11.5. The van der Waals surface area contributed by atoms with Gasteiger partial charge in [0.1, 0.15) is 6.10 Å². The third kappa shape index (κ3) is 2.36. The van der Waals surface area contributed by atoms with Gasteiger partial charge in [0.25, 0.3) is 0 Å². The van der Waals surface area contributed by atoms with E-state index in [2.05, 4.69) is 4.74 Å². The van der Waals surface area contributed by atoms with Crippen molar-refractivity contribution in [3.8, 4) is 0 Å². The summed E-state index contributed by atoms with van der Waals surface area (Å²) in [6.07, 6.45) is -3.28. The average Bonchev–Trinajstić information content (AvgIpc) is 2.25. The van der Waals surface area contributed by atoms with E-state index in [1.165, 1.54) is 7.11 Å². The molecule has 0 aromatic rings. The van der Waals surface area contributed by atoms with Crippen molar-refractivity contribution in [1.29, 1.82) is 0 Å². The zero-order chi connectivity index (χ0) is 12.5. The second kappa shape index (κ2) is 5.12. The standard InChI is InChI=1S/C11H20O5/c1-5(2)9-8(13)7(12)6(3)10(16-9)11(14)15-4/h5-10,12-13H,1-4H3/t6-,7-,8+,9-,10-/m0/s1. The van der Waals surface area contributed by atoms with E-state index in [-0.39, 0.29) is 5.92 Å². The van der Waals surface area contributed by atoms with Gasteiger partial charge in [-0.2, -0.15) is 0 Å². The first-order valence-corrected chi connectivity index (χ1v) is 5.49. The number of esters is 1. The zero-order valence-corrected chi connectivity index (χ0v) is 10.1. The van der Waals surface area contributed by atoms with Crippen LogP contribution in [-0.4, -0.2) is 47.7 Å². The number of methoxy groups -OCH3 is 1. The van der Waals surface area contributed by atoms with Gasteiger partial charge in [-0.3, -0.25) is 0 Å². The molecule has 0 unspecified atom stereocenters. The molecule has 1 aliphatic heterocycles. The molecule has 0 bridgehead atoms. The summed E-state index contributed by atoms with van der Waals surface area (Å²) in [7, 11) is 1.28. The minimum atomic E-state index is -0.967. The third-order valence-corrected chi connectivity index (χ3v) is 3.10. The van der Waals surface area contributed by atoms with Crippen molar-refractivity contribution in [3.63, 3.8) is 0 Å². The highest BCUT2D eigenvalue weighted by Gasteiger charge is 2.46. The average molecular weight is 232 g/mol. The van der Waals surface area contributed by atoms with Crippen LogP contribution in [0.3, 0.4) is 0 Å². The molecule has 2 N–H and O–H groups in total. The Balaban J connectivity index is 2.85. The Kier molecular flexibility index (Phi) is 4.29. The van der Waals surface area contributed by atoms with Gasteiger partial charge in [-0.15, -0.1) is 0 Å². The topological polar surface area (TPSA) is 76.0 Å². The molecule has 0 saturated carbocycles. The van der Waals surface area contributed by atoms with Crippen LogP contribution in [0.15, 0.2) is 0 Å². The normalized spacial score (nSPS) is 39.8. The summed E-state index contributed by atoms with van der Waals surface area (Å²) in [6, 6.07) is 0. The van der Waals surface area contributed by atoms with Crippen LogP contribution in [0.25, 0.3) is 0 Å². The van der Waals surface area contributed by atoms with Crippen molar-refractivity contribution < 1.29 is 24.5 Å². The fourth-order valence-corrected chi connectivity index (χ4v) is 2.00. The molecular formula is C11H20O5. The van der Waals surface area contributed by atoms with Crippen molar-refractivity contribution in [2.45, 2.75) is 45.2 Å². The summed E-state index contributed by atoms with van der Waals surface area (Å²) in [5.74, 6) is -0.967. The van der Waals surface area contributed by atoms with Gasteiger partial charge < -0.3 is 19.7 Å². The van der Waals surface area contributed by atoms with E-state index in [1.54, 1.807) is 6.92 Å². The van der Waals surface area contributed by atoms with Gasteiger partial charge in [0, 0.05) is 5.92 Å². The first-order valence-electron chi connectivity index (χ1n) is 5.49. The number of carbonyl (C=O) groups excluding carboxylic acids is 1. The molecule has 0 aliphatic carbocycles. The Bertz CT molecular complexity index is 253. The summed E-state index contributed by atoms with van der Waals surface area (Å²) in [5.41, 5.74) is 0. The number of hydrogen-bond acceptors (Lipinski definition) is 5. The van der Waals surface area contributed by atoms with Gasteiger partial charge in [0.2, 0.25) is 0 Å². The molecule has 0 aromatic heterocycles. The molecule has 16 heavy (non-hydrogen) atoms. The maximum Gasteiger partial charge on any atom is 0.335 e. The highest BCUT2D eigenvalue weighted by molar-refractivity contribution is 5.75. The Hall–Kier alpha value is -0.650. The summed E-state index contributed by atoms with van der Waals surface area (Å²) >= 11 is 0. The molecule has 0 spiro atoms. The molecule has 1 heterocycles. The highest BCUT2D eigenvalue weighted by Crippen LogP contribution is 2.29. The fourth-order valence-electron chi connectivity index (χ4n) is 2.00. The van der Waals surface area contributed by atoms with Crippen LogP contribution in [-0.2, 0) is 14.3 Å². The van der Waals surface area contributed by atoms with Crippen LogP contribution in [0.2, 0.25) is 0 Å². The smallest absolute Gasteiger partial charge is 0.335 e. The van der Waals surface area contributed by atoms with Crippen LogP contribution in [0.1, 0.15) is 20.8 Å². The largest absolute Gasteiger partial charge is 0.467 e. The molecule has 94 valence electrons. The lowest BCUT2D eigenvalue weighted by atomic mass is 9.84. The van der Waals surface area contributed by atoms with E-state index in [4.69, 9.17) is 4.74 Å². The first kappa shape index (κ1) is 13.4. The quantitative estimate of drug-likeness (QED) is 0.652. The maximum atomic E-state index is 11.5. The molecule has 1 aliphatic rings.